The van der Waals surface area contributed by atoms with Gasteiger partial charge in [-0.2, -0.15) is 0 Å². The van der Waals surface area contributed by atoms with Gasteiger partial charge in [0.05, 0.1) is 6.61 Å². The summed E-state index contributed by atoms with van der Waals surface area (Å²) in [4.78, 5) is 11.4. The highest BCUT2D eigenvalue weighted by molar-refractivity contribution is 7.08. The van der Waals surface area contributed by atoms with Crippen LogP contribution in [0.2, 0.25) is 0 Å². The summed E-state index contributed by atoms with van der Waals surface area (Å²) in [5.74, 6) is 1.14. The molecule has 0 radical (unpaired) electrons. The second-order valence-electron chi connectivity index (χ2n) is 5.25. The van der Waals surface area contributed by atoms with E-state index in [1.54, 1.807) is 0 Å². The lowest BCUT2D eigenvalue weighted by atomic mass is 10.2. The molecule has 0 saturated heterocycles. The lowest BCUT2D eigenvalue weighted by Crippen LogP contribution is -2.34. The number of fused-ring (bicyclic) bond motifs is 1. The van der Waals surface area contributed by atoms with Crippen LogP contribution < -0.4 is 9.47 Å². The van der Waals surface area contributed by atoms with Crippen molar-refractivity contribution >= 4 is 17.3 Å². The number of ether oxygens (including phenoxy) is 4. The fraction of sp³-hybridized carbons (Fsp3) is 0.615. The summed E-state index contributed by atoms with van der Waals surface area (Å²) in [6.45, 7) is 6.11. The van der Waals surface area contributed by atoms with Crippen molar-refractivity contribution in [2.75, 3.05) is 19.8 Å². The topological polar surface area (TPSA) is 54.0 Å². The van der Waals surface area contributed by atoms with E-state index in [1.807, 2.05) is 31.5 Å². The Kier molecular flexibility index (Phi) is 4.31. The first-order valence-corrected chi connectivity index (χ1v) is 7.03. The number of rotatable bonds is 4. The highest BCUT2D eigenvalue weighted by atomic mass is 32.1. The van der Waals surface area contributed by atoms with Gasteiger partial charge in [-0.1, -0.05) is 0 Å². The maximum atomic E-state index is 11.4. The third-order valence-corrected chi connectivity index (χ3v) is 2.96. The molecule has 1 aliphatic rings. The second kappa shape index (κ2) is 5.79. The molecule has 0 aliphatic carbocycles. The SMILES string of the molecule is CC(C)(C)OC(=O)COCC1COc2cscc2O1. The molecule has 1 unspecified atom stereocenters. The number of hydrogen-bond donors (Lipinski definition) is 0. The van der Waals surface area contributed by atoms with Gasteiger partial charge >= 0.3 is 5.97 Å². The largest absolute Gasteiger partial charge is 0.485 e. The average molecular weight is 286 g/mol. The number of hydrogen-bond acceptors (Lipinski definition) is 6. The van der Waals surface area contributed by atoms with Gasteiger partial charge in [0.25, 0.3) is 0 Å². The van der Waals surface area contributed by atoms with Crippen LogP contribution in [0.1, 0.15) is 20.8 Å². The Morgan fingerprint density at radius 2 is 2.16 bits per heavy atom. The quantitative estimate of drug-likeness (QED) is 0.795. The molecule has 5 nitrogen and oxygen atoms in total. The van der Waals surface area contributed by atoms with E-state index >= 15 is 0 Å². The standard InChI is InChI=1S/C13H18O5S/c1-13(2,3)18-12(14)6-15-4-9-5-16-10-7-19-8-11(10)17-9/h7-9H,4-6H2,1-3H3. The van der Waals surface area contributed by atoms with Gasteiger partial charge in [-0.25, -0.2) is 4.79 Å². The molecule has 0 aromatic carbocycles. The minimum atomic E-state index is -0.490. The van der Waals surface area contributed by atoms with Gasteiger partial charge in [0.2, 0.25) is 0 Å². The Morgan fingerprint density at radius 1 is 1.42 bits per heavy atom. The molecule has 1 atom stereocenters. The first-order chi connectivity index (χ1) is 8.94. The third kappa shape index (κ3) is 4.40. The summed E-state index contributed by atoms with van der Waals surface area (Å²) in [6, 6.07) is 0. The predicted octanol–water partition coefficient (Wildman–Crippen LogP) is 2.25. The second-order valence-corrected chi connectivity index (χ2v) is 6.00. The minimum Gasteiger partial charge on any atom is -0.485 e. The first-order valence-electron chi connectivity index (χ1n) is 6.09. The monoisotopic (exact) mass is 286 g/mol. The molecule has 0 saturated carbocycles. The van der Waals surface area contributed by atoms with Gasteiger partial charge in [-0.05, 0) is 20.8 Å². The van der Waals surface area contributed by atoms with Crippen LogP contribution in [0.4, 0.5) is 0 Å². The number of thiophene rings is 1. The van der Waals surface area contributed by atoms with Crippen molar-refractivity contribution in [3.8, 4) is 11.5 Å². The lowest BCUT2D eigenvalue weighted by molar-refractivity contribution is -0.161. The van der Waals surface area contributed by atoms with Crippen molar-refractivity contribution in [2.45, 2.75) is 32.5 Å². The van der Waals surface area contributed by atoms with Crippen LogP contribution in [-0.4, -0.2) is 37.5 Å². The van der Waals surface area contributed by atoms with Crippen molar-refractivity contribution < 1.29 is 23.7 Å². The average Bonchev–Trinajstić information content (AvgIpc) is 2.73. The van der Waals surface area contributed by atoms with Crippen molar-refractivity contribution in [1.29, 1.82) is 0 Å². The summed E-state index contributed by atoms with van der Waals surface area (Å²) >= 11 is 1.53. The van der Waals surface area contributed by atoms with E-state index in [0.29, 0.717) is 13.2 Å². The van der Waals surface area contributed by atoms with Crippen LogP contribution in [-0.2, 0) is 14.3 Å². The van der Waals surface area contributed by atoms with E-state index in [0.717, 1.165) is 11.5 Å². The van der Waals surface area contributed by atoms with Gasteiger partial charge in [0.1, 0.15) is 18.8 Å². The summed E-state index contributed by atoms with van der Waals surface area (Å²) < 4.78 is 21.6. The van der Waals surface area contributed by atoms with E-state index in [-0.39, 0.29) is 18.7 Å². The fourth-order valence-electron chi connectivity index (χ4n) is 1.59. The highest BCUT2D eigenvalue weighted by Crippen LogP contribution is 2.35. The van der Waals surface area contributed by atoms with Crippen molar-refractivity contribution in [3.63, 3.8) is 0 Å². The Labute approximate surface area is 116 Å². The molecule has 1 aromatic heterocycles. The van der Waals surface area contributed by atoms with Gasteiger partial charge < -0.3 is 18.9 Å². The molecule has 1 aromatic rings. The van der Waals surface area contributed by atoms with Crippen LogP contribution in [0, 0.1) is 0 Å². The molecule has 0 amide bonds. The third-order valence-electron chi connectivity index (χ3n) is 2.26. The number of esters is 1. The summed E-state index contributed by atoms with van der Waals surface area (Å²) in [6.07, 6.45) is -0.190. The molecule has 19 heavy (non-hydrogen) atoms. The van der Waals surface area contributed by atoms with Crippen LogP contribution in [0.25, 0.3) is 0 Å². The van der Waals surface area contributed by atoms with Crippen LogP contribution in [0.5, 0.6) is 11.5 Å². The molecular formula is C13H18O5S. The fourth-order valence-corrected chi connectivity index (χ4v) is 2.26. The predicted molar refractivity (Wildman–Crippen MR) is 70.9 cm³/mol. The Bertz CT molecular complexity index is 434. The molecule has 6 heteroatoms. The molecule has 2 rings (SSSR count). The Morgan fingerprint density at radius 3 is 2.89 bits per heavy atom. The van der Waals surface area contributed by atoms with Crippen molar-refractivity contribution in [2.24, 2.45) is 0 Å². The van der Waals surface area contributed by atoms with Crippen molar-refractivity contribution in [3.05, 3.63) is 10.8 Å². The van der Waals surface area contributed by atoms with Gasteiger partial charge in [-0.15, -0.1) is 11.3 Å². The van der Waals surface area contributed by atoms with E-state index in [4.69, 9.17) is 18.9 Å². The Hall–Kier alpha value is -1.27. The van der Waals surface area contributed by atoms with E-state index in [1.165, 1.54) is 11.3 Å². The highest BCUT2D eigenvalue weighted by Gasteiger charge is 2.23. The summed E-state index contributed by atoms with van der Waals surface area (Å²) in [5, 5.41) is 3.78. The summed E-state index contributed by atoms with van der Waals surface area (Å²) in [5.41, 5.74) is -0.490. The van der Waals surface area contributed by atoms with Crippen molar-refractivity contribution in [1.82, 2.24) is 0 Å². The Balaban J connectivity index is 1.69. The molecule has 1 aliphatic heterocycles. The van der Waals surface area contributed by atoms with Gasteiger partial charge in [-0.3, -0.25) is 0 Å². The molecule has 106 valence electrons. The number of carbonyl (C=O) groups excluding carboxylic acids is 1. The maximum Gasteiger partial charge on any atom is 0.332 e. The maximum absolute atomic E-state index is 11.4. The molecule has 0 spiro atoms. The molecular weight excluding hydrogens is 268 g/mol. The zero-order valence-corrected chi connectivity index (χ0v) is 12.1. The van der Waals surface area contributed by atoms with E-state index < -0.39 is 5.60 Å². The number of carbonyl (C=O) groups is 1. The van der Waals surface area contributed by atoms with Crippen LogP contribution >= 0.6 is 11.3 Å². The molecule has 2 heterocycles. The van der Waals surface area contributed by atoms with E-state index in [9.17, 15) is 4.79 Å². The normalized spacial score (nSPS) is 18.2. The van der Waals surface area contributed by atoms with Crippen LogP contribution in [0.3, 0.4) is 0 Å². The smallest absolute Gasteiger partial charge is 0.332 e. The first kappa shape index (κ1) is 14.1. The van der Waals surface area contributed by atoms with Crippen LogP contribution in [0.15, 0.2) is 10.8 Å². The van der Waals surface area contributed by atoms with E-state index in [2.05, 4.69) is 0 Å². The minimum absolute atomic E-state index is 0.0758. The lowest BCUT2D eigenvalue weighted by Gasteiger charge is -2.24. The molecule has 0 bridgehead atoms. The summed E-state index contributed by atoms with van der Waals surface area (Å²) in [7, 11) is 0. The van der Waals surface area contributed by atoms with Gasteiger partial charge in [0, 0.05) is 10.8 Å². The van der Waals surface area contributed by atoms with Gasteiger partial charge in [0.15, 0.2) is 17.6 Å². The molecule has 0 N–H and O–H groups in total. The zero-order chi connectivity index (χ0) is 13.9. The zero-order valence-electron chi connectivity index (χ0n) is 11.3. The molecule has 0 fully saturated rings.